The Kier molecular flexibility index (Phi) is 2.82. The highest BCUT2D eigenvalue weighted by Crippen LogP contribution is 2.44. The van der Waals surface area contributed by atoms with Crippen molar-refractivity contribution in [3.05, 3.63) is 39.7 Å². The summed E-state index contributed by atoms with van der Waals surface area (Å²) in [5, 5.41) is 0.976. The lowest BCUT2D eigenvalue weighted by Gasteiger charge is -2.14. The molecule has 1 aliphatic rings. The summed E-state index contributed by atoms with van der Waals surface area (Å²) < 4.78 is 6.02. The molecule has 19 heavy (non-hydrogen) atoms. The van der Waals surface area contributed by atoms with Crippen LogP contribution in [0.15, 0.2) is 23.0 Å². The Morgan fingerprint density at radius 2 is 2.21 bits per heavy atom. The Balaban J connectivity index is 2.30. The van der Waals surface area contributed by atoms with E-state index in [4.69, 9.17) is 10.5 Å². The van der Waals surface area contributed by atoms with E-state index in [0.717, 1.165) is 28.6 Å². The minimum Gasteiger partial charge on any atom is -0.487 e. The molecule has 0 fully saturated rings. The molecule has 0 amide bonds. The fraction of sp³-hybridized carbons (Fsp3) is 0.400. The first kappa shape index (κ1) is 12.2. The van der Waals surface area contributed by atoms with Crippen molar-refractivity contribution in [3.63, 3.8) is 0 Å². The van der Waals surface area contributed by atoms with Gasteiger partial charge in [-0.05, 0) is 31.0 Å². The predicted molar refractivity (Wildman–Crippen MR) is 75.8 cm³/mol. The number of rotatable bonds is 2. The molecule has 4 heteroatoms. The van der Waals surface area contributed by atoms with E-state index in [1.54, 1.807) is 6.07 Å². The Bertz CT molecular complexity index is 690. The highest BCUT2D eigenvalue weighted by atomic mass is 16.5. The van der Waals surface area contributed by atoms with E-state index >= 15 is 0 Å². The van der Waals surface area contributed by atoms with E-state index < -0.39 is 0 Å². The number of fused-ring (bicyclic) bond motifs is 3. The van der Waals surface area contributed by atoms with Crippen molar-refractivity contribution in [2.24, 2.45) is 5.73 Å². The normalized spacial score (nSPS) is 21.4. The number of aromatic nitrogens is 1. The maximum absolute atomic E-state index is 11.5. The number of nitrogens with two attached hydrogens (primary N) is 1. The van der Waals surface area contributed by atoms with Gasteiger partial charge in [0.25, 0.3) is 0 Å². The molecule has 0 saturated carbocycles. The predicted octanol–water partition coefficient (Wildman–Crippen LogP) is 2.05. The van der Waals surface area contributed by atoms with E-state index in [1.165, 1.54) is 5.56 Å². The second-order valence-electron chi connectivity index (χ2n) is 5.13. The number of benzene rings is 1. The average Bonchev–Trinajstić information content (AvgIpc) is 2.76. The molecule has 3 N–H and O–H groups in total. The number of hydrogen-bond acceptors (Lipinski definition) is 3. The Labute approximate surface area is 111 Å². The molecule has 0 spiro atoms. The van der Waals surface area contributed by atoms with Gasteiger partial charge in [0.15, 0.2) is 0 Å². The van der Waals surface area contributed by atoms with Crippen LogP contribution in [-0.2, 0) is 0 Å². The van der Waals surface area contributed by atoms with Gasteiger partial charge < -0.3 is 15.5 Å². The van der Waals surface area contributed by atoms with Crippen LogP contribution >= 0.6 is 0 Å². The van der Waals surface area contributed by atoms with Gasteiger partial charge in [0.1, 0.15) is 11.9 Å². The number of pyridine rings is 1. The van der Waals surface area contributed by atoms with Gasteiger partial charge in [0.05, 0.1) is 5.52 Å². The first-order chi connectivity index (χ1) is 9.15. The van der Waals surface area contributed by atoms with Crippen molar-refractivity contribution >= 4 is 10.9 Å². The summed E-state index contributed by atoms with van der Waals surface area (Å²) in [6, 6.07) is 5.51. The van der Waals surface area contributed by atoms with Crippen LogP contribution in [0.25, 0.3) is 10.9 Å². The van der Waals surface area contributed by atoms with Crippen LogP contribution in [0.4, 0.5) is 0 Å². The topological polar surface area (TPSA) is 68.1 Å². The monoisotopic (exact) mass is 258 g/mol. The lowest BCUT2D eigenvalue weighted by molar-refractivity contribution is 0.213. The van der Waals surface area contributed by atoms with Gasteiger partial charge in [0.2, 0.25) is 5.56 Å². The van der Waals surface area contributed by atoms with Crippen LogP contribution in [0.2, 0.25) is 0 Å². The third kappa shape index (κ3) is 1.75. The van der Waals surface area contributed by atoms with Crippen molar-refractivity contribution in [1.82, 2.24) is 4.98 Å². The Morgan fingerprint density at radius 1 is 1.42 bits per heavy atom. The summed E-state index contributed by atoms with van der Waals surface area (Å²) >= 11 is 0. The first-order valence-electron chi connectivity index (χ1n) is 6.69. The number of aryl methyl sites for hydroxylation is 1. The van der Waals surface area contributed by atoms with Crippen molar-refractivity contribution in [2.75, 3.05) is 6.54 Å². The summed E-state index contributed by atoms with van der Waals surface area (Å²) in [4.78, 5) is 14.3. The summed E-state index contributed by atoms with van der Waals surface area (Å²) in [6.45, 7) is 4.68. The molecule has 4 nitrogen and oxygen atoms in total. The number of ether oxygens (including phenoxy) is 1. The second-order valence-corrected chi connectivity index (χ2v) is 5.13. The van der Waals surface area contributed by atoms with Gasteiger partial charge in [-0.25, -0.2) is 0 Å². The lowest BCUT2D eigenvalue weighted by Crippen LogP contribution is -2.28. The molecule has 2 atom stereocenters. The second kappa shape index (κ2) is 4.38. The molecular formula is C15H18N2O2. The number of H-pyrrole nitrogens is 1. The summed E-state index contributed by atoms with van der Waals surface area (Å²) in [7, 11) is 0. The van der Waals surface area contributed by atoms with E-state index in [1.807, 2.05) is 13.0 Å². The highest BCUT2D eigenvalue weighted by molar-refractivity contribution is 5.89. The third-order valence-corrected chi connectivity index (χ3v) is 3.98. The minimum absolute atomic E-state index is 0.0388. The lowest BCUT2D eigenvalue weighted by atomic mass is 9.90. The maximum atomic E-state index is 11.5. The van der Waals surface area contributed by atoms with Crippen LogP contribution in [0.5, 0.6) is 5.75 Å². The quantitative estimate of drug-likeness (QED) is 0.866. The zero-order chi connectivity index (χ0) is 13.6. The number of hydrogen-bond donors (Lipinski definition) is 2. The largest absolute Gasteiger partial charge is 0.487 e. The Morgan fingerprint density at radius 3 is 2.89 bits per heavy atom. The fourth-order valence-corrected chi connectivity index (χ4v) is 3.04. The molecule has 0 radical (unpaired) electrons. The van der Waals surface area contributed by atoms with Crippen LogP contribution in [0.3, 0.4) is 0 Å². The first-order valence-corrected chi connectivity index (χ1v) is 6.69. The molecular weight excluding hydrogens is 240 g/mol. The molecule has 3 rings (SSSR count). The molecule has 1 aromatic heterocycles. The molecule has 1 aromatic carbocycles. The van der Waals surface area contributed by atoms with Gasteiger partial charge in [-0.3, -0.25) is 4.79 Å². The summed E-state index contributed by atoms with van der Waals surface area (Å²) in [5.41, 5.74) is 8.87. The van der Waals surface area contributed by atoms with Gasteiger partial charge in [-0.2, -0.15) is 0 Å². The van der Waals surface area contributed by atoms with Gasteiger partial charge >= 0.3 is 0 Å². The molecule has 100 valence electrons. The Hall–Kier alpha value is -1.81. The molecule has 2 unspecified atom stereocenters. The van der Waals surface area contributed by atoms with Gasteiger partial charge in [-0.1, -0.05) is 6.92 Å². The zero-order valence-corrected chi connectivity index (χ0v) is 11.2. The fourth-order valence-electron chi connectivity index (χ4n) is 3.04. The van der Waals surface area contributed by atoms with Gasteiger partial charge in [-0.15, -0.1) is 0 Å². The summed E-state index contributed by atoms with van der Waals surface area (Å²) in [6.07, 6.45) is 1.04. The maximum Gasteiger partial charge on any atom is 0.248 e. The minimum atomic E-state index is -0.0871. The van der Waals surface area contributed by atoms with Crippen molar-refractivity contribution in [3.8, 4) is 5.75 Å². The molecule has 1 aliphatic heterocycles. The summed E-state index contributed by atoms with van der Waals surface area (Å²) in [5.74, 6) is 1.23. The highest BCUT2D eigenvalue weighted by Gasteiger charge is 2.33. The van der Waals surface area contributed by atoms with E-state index in [2.05, 4.69) is 18.0 Å². The molecule has 2 aromatic rings. The molecule has 0 bridgehead atoms. The smallest absolute Gasteiger partial charge is 0.248 e. The average molecular weight is 258 g/mol. The zero-order valence-electron chi connectivity index (χ0n) is 11.2. The standard InChI is InChI=1S/C15H18N2O2/c1-3-9-11-6-8(2)14-10(4-5-13(18)17-14)15(11)19-12(9)7-16/h4-6,9,12H,3,7,16H2,1-2H3,(H,17,18). The van der Waals surface area contributed by atoms with Crippen LogP contribution in [-0.4, -0.2) is 17.6 Å². The van der Waals surface area contributed by atoms with Gasteiger partial charge in [0, 0.05) is 29.5 Å². The van der Waals surface area contributed by atoms with E-state index in [9.17, 15) is 4.79 Å². The molecule has 0 saturated heterocycles. The molecule has 0 aliphatic carbocycles. The number of aromatic amines is 1. The molecule has 2 heterocycles. The van der Waals surface area contributed by atoms with E-state index in [-0.39, 0.29) is 11.7 Å². The van der Waals surface area contributed by atoms with E-state index in [0.29, 0.717) is 12.5 Å². The van der Waals surface area contributed by atoms with Crippen LogP contribution < -0.4 is 16.0 Å². The van der Waals surface area contributed by atoms with Crippen LogP contribution in [0.1, 0.15) is 30.4 Å². The third-order valence-electron chi connectivity index (χ3n) is 3.98. The van der Waals surface area contributed by atoms with Crippen molar-refractivity contribution in [2.45, 2.75) is 32.3 Å². The number of nitrogens with one attached hydrogen (secondary N) is 1. The van der Waals surface area contributed by atoms with Crippen molar-refractivity contribution in [1.29, 1.82) is 0 Å². The van der Waals surface area contributed by atoms with Crippen LogP contribution in [0, 0.1) is 6.92 Å². The van der Waals surface area contributed by atoms with Crippen molar-refractivity contribution < 1.29 is 4.74 Å². The SMILES string of the molecule is CCC1c2cc(C)c3[nH]c(=O)ccc3c2OC1CN.